The van der Waals surface area contributed by atoms with Crippen LogP contribution in [0.4, 0.5) is 5.69 Å². The third kappa shape index (κ3) is 3.58. The van der Waals surface area contributed by atoms with E-state index in [1.165, 1.54) is 15.3 Å². The maximum Gasteiger partial charge on any atom is 0.0713 e. The molecular weight excluding hydrogens is 230 g/mol. The molecule has 1 heterocycles. The summed E-state index contributed by atoms with van der Waals surface area (Å²) < 4.78 is 5.12. The molecule has 1 N–H and O–H groups in total. The Labute approximate surface area is 106 Å². The van der Waals surface area contributed by atoms with E-state index in [1.54, 1.807) is 7.11 Å². The summed E-state index contributed by atoms with van der Waals surface area (Å²) in [6.45, 7) is 3.68. The molecule has 0 aliphatic heterocycles. The Bertz CT molecular complexity index is 479. The SMILES string of the molecule is COCc1cccc(NCc2ccc(C)s2)c1. The molecule has 0 atom stereocenters. The Hall–Kier alpha value is -1.32. The number of hydrogen-bond donors (Lipinski definition) is 1. The van der Waals surface area contributed by atoms with Crippen LogP contribution in [-0.4, -0.2) is 7.11 Å². The van der Waals surface area contributed by atoms with E-state index >= 15 is 0 Å². The van der Waals surface area contributed by atoms with Gasteiger partial charge in [-0.15, -0.1) is 11.3 Å². The third-order valence-corrected chi connectivity index (χ3v) is 3.50. The van der Waals surface area contributed by atoms with Crippen LogP contribution in [0.5, 0.6) is 0 Å². The van der Waals surface area contributed by atoms with Crippen LogP contribution in [0.3, 0.4) is 0 Å². The molecule has 0 amide bonds. The summed E-state index contributed by atoms with van der Waals surface area (Å²) in [5.74, 6) is 0. The van der Waals surface area contributed by atoms with Crippen LogP contribution in [0, 0.1) is 6.92 Å². The highest BCUT2D eigenvalue weighted by molar-refractivity contribution is 7.11. The molecule has 0 unspecified atom stereocenters. The number of thiophene rings is 1. The molecule has 0 bridgehead atoms. The first-order valence-electron chi connectivity index (χ1n) is 5.65. The minimum Gasteiger partial charge on any atom is -0.380 e. The second kappa shape index (κ2) is 5.84. The third-order valence-electron chi connectivity index (χ3n) is 2.50. The first kappa shape index (κ1) is 12.1. The van der Waals surface area contributed by atoms with Gasteiger partial charge in [-0.3, -0.25) is 0 Å². The lowest BCUT2D eigenvalue weighted by Gasteiger charge is -2.07. The van der Waals surface area contributed by atoms with Gasteiger partial charge in [-0.1, -0.05) is 12.1 Å². The van der Waals surface area contributed by atoms with Crippen molar-refractivity contribution in [1.82, 2.24) is 0 Å². The predicted octanol–water partition coefficient (Wildman–Crippen LogP) is 3.82. The fraction of sp³-hybridized carbons (Fsp3) is 0.286. The van der Waals surface area contributed by atoms with Gasteiger partial charge in [0.1, 0.15) is 0 Å². The molecule has 90 valence electrons. The van der Waals surface area contributed by atoms with Crippen LogP contribution in [0.1, 0.15) is 15.3 Å². The molecule has 2 rings (SSSR count). The second-order valence-electron chi connectivity index (χ2n) is 4.00. The van der Waals surface area contributed by atoms with Gasteiger partial charge in [0.05, 0.1) is 6.61 Å². The van der Waals surface area contributed by atoms with Gasteiger partial charge in [0, 0.05) is 29.1 Å². The highest BCUT2D eigenvalue weighted by atomic mass is 32.1. The molecule has 0 fully saturated rings. The van der Waals surface area contributed by atoms with Crippen LogP contribution < -0.4 is 5.32 Å². The molecule has 17 heavy (non-hydrogen) atoms. The molecule has 0 aliphatic carbocycles. The number of benzene rings is 1. The first-order chi connectivity index (χ1) is 8.28. The normalized spacial score (nSPS) is 10.5. The topological polar surface area (TPSA) is 21.3 Å². The van der Waals surface area contributed by atoms with E-state index in [2.05, 4.69) is 48.6 Å². The molecule has 2 nitrogen and oxygen atoms in total. The van der Waals surface area contributed by atoms with E-state index < -0.39 is 0 Å². The zero-order valence-corrected chi connectivity index (χ0v) is 11.0. The van der Waals surface area contributed by atoms with Gasteiger partial charge in [0.15, 0.2) is 0 Å². The van der Waals surface area contributed by atoms with Gasteiger partial charge >= 0.3 is 0 Å². The molecule has 0 aliphatic rings. The van der Waals surface area contributed by atoms with Crippen LogP contribution in [0.25, 0.3) is 0 Å². The van der Waals surface area contributed by atoms with Gasteiger partial charge < -0.3 is 10.1 Å². The molecular formula is C14H17NOS. The summed E-state index contributed by atoms with van der Waals surface area (Å²) >= 11 is 1.83. The minimum atomic E-state index is 0.660. The van der Waals surface area contributed by atoms with Crippen molar-refractivity contribution in [3.8, 4) is 0 Å². The lowest BCUT2D eigenvalue weighted by Crippen LogP contribution is -1.98. The van der Waals surface area contributed by atoms with E-state index in [4.69, 9.17) is 4.74 Å². The molecule has 1 aromatic carbocycles. The van der Waals surface area contributed by atoms with Crippen molar-refractivity contribution >= 4 is 17.0 Å². The van der Waals surface area contributed by atoms with E-state index in [0.29, 0.717) is 6.61 Å². The van der Waals surface area contributed by atoms with Crippen LogP contribution in [0.2, 0.25) is 0 Å². The molecule has 0 spiro atoms. The quantitative estimate of drug-likeness (QED) is 0.867. The molecule has 0 radical (unpaired) electrons. The summed E-state index contributed by atoms with van der Waals surface area (Å²) in [5.41, 5.74) is 2.34. The van der Waals surface area contributed by atoms with Gasteiger partial charge in [-0.05, 0) is 36.8 Å². The Morgan fingerprint density at radius 2 is 2.12 bits per heavy atom. The fourth-order valence-corrected chi connectivity index (χ4v) is 2.54. The maximum absolute atomic E-state index is 5.12. The zero-order chi connectivity index (χ0) is 12.1. The van der Waals surface area contributed by atoms with Crippen molar-refractivity contribution < 1.29 is 4.74 Å². The Balaban J connectivity index is 1.96. The molecule has 1 aromatic heterocycles. The number of hydrogen-bond acceptors (Lipinski definition) is 3. The van der Waals surface area contributed by atoms with E-state index in [-0.39, 0.29) is 0 Å². The largest absolute Gasteiger partial charge is 0.380 e. The average molecular weight is 247 g/mol. The lowest BCUT2D eigenvalue weighted by molar-refractivity contribution is 0.185. The van der Waals surface area contributed by atoms with Crippen LogP contribution >= 0.6 is 11.3 Å². The summed E-state index contributed by atoms with van der Waals surface area (Å²) in [5, 5.41) is 3.43. The van der Waals surface area contributed by atoms with Crippen molar-refractivity contribution in [2.75, 3.05) is 12.4 Å². The van der Waals surface area contributed by atoms with Gasteiger partial charge in [-0.25, -0.2) is 0 Å². The van der Waals surface area contributed by atoms with E-state index in [9.17, 15) is 0 Å². The number of nitrogens with one attached hydrogen (secondary N) is 1. The summed E-state index contributed by atoms with van der Waals surface area (Å²) in [6.07, 6.45) is 0. The minimum absolute atomic E-state index is 0.660. The Morgan fingerprint density at radius 3 is 2.82 bits per heavy atom. The molecule has 3 heteroatoms. The van der Waals surface area contributed by atoms with E-state index in [1.807, 2.05) is 11.3 Å². The van der Waals surface area contributed by atoms with Crippen LogP contribution in [-0.2, 0) is 17.9 Å². The Morgan fingerprint density at radius 1 is 1.24 bits per heavy atom. The monoisotopic (exact) mass is 247 g/mol. The summed E-state index contributed by atoms with van der Waals surface area (Å²) in [6, 6.07) is 12.7. The van der Waals surface area contributed by atoms with Gasteiger partial charge in [-0.2, -0.15) is 0 Å². The van der Waals surface area contributed by atoms with Crippen molar-refractivity contribution in [1.29, 1.82) is 0 Å². The second-order valence-corrected chi connectivity index (χ2v) is 5.37. The van der Waals surface area contributed by atoms with Crippen molar-refractivity contribution in [3.05, 3.63) is 51.7 Å². The summed E-state index contributed by atoms with van der Waals surface area (Å²) in [7, 11) is 1.72. The standard InChI is InChI=1S/C14H17NOS/c1-11-6-7-14(17-11)9-15-13-5-3-4-12(8-13)10-16-2/h3-8,15H,9-10H2,1-2H3. The predicted molar refractivity (Wildman–Crippen MR) is 73.5 cm³/mol. The number of aryl methyl sites for hydroxylation is 1. The fourth-order valence-electron chi connectivity index (χ4n) is 1.71. The average Bonchev–Trinajstić information content (AvgIpc) is 2.74. The Kier molecular flexibility index (Phi) is 4.18. The van der Waals surface area contributed by atoms with Gasteiger partial charge in [0.2, 0.25) is 0 Å². The molecule has 0 saturated carbocycles. The van der Waals surface area contributed by atoms with Crippen LogP contribution in [0.15, 0.2) is 36.4 Å². The summed E-state index contributed by atoms with van der Waals surface area (Å²) in [4.78, 5) is 2.72. The number of anilines is 1. The highest BCUT2D eigenvalue weighted by Crippen LogP contribution is 2.17. The first-order valence-corrected chi connectivity index (χ1v) is 6.46. The molecule has 0 saturated heterocycles. The highest BCUT2D eigenvalue weighted by Gasteiger charge is 1.98. The van der Waals surface area contributed by atoms with Crippen molar-refractivity contribution in [2.45, 2.75) is 20.1 Å². The van der Waals surface area contributed by atoms with Crippen molar-refractivity contribution in [2.24, 2.45) is 0 Å². The van der Waals surface area contributed by atoms with Crippen molar-refractivity contribution in [3.63, 3.8) is 0 Å². The maximum atomic E-state index is 5.12. The zero-order valence-electron chi connectivity index (χ0n) is 10.2. The smallest absolute Gasteiger partial charge is 0.0713 e. The number of ether oxygens (including phenoxy) is 1. The number of methoxy groups -OCH3 is 1. The van der Waals surface area contributed by atoms with Gasteiger partial charge in [0.25, 0.3) is 0 Å². The van der Waals surface area contributed by atoms with E-state index in [0.717, 1.165) is 12.2 Å². The molecule has 2 aromatic rings. The number of rotatable bonds is 5. The lowest BCUT2D eigenvalue weighted by atomic mass is 10.2.